The van der Waals surface area contributed by atoms with E-state index in [0.717, 1.165) is 17.5 Å². The van der Waals surface area contributed by atoms with Crippen molar-refractivity contribution < 1.29 is 8.42 Å². The highest BCUT2D eigenvalue weighted by Crippen LogP contribution is 2.30. The standard InChI is InChI=1S/C19H22ClN3O2S.ClH/c20-18-7-3-6-16(12-18)19-13-21-9-11-23(19)26(24,25)22-10-8-15-4-1-2-5-17(15)14-22;/h1-7,12,19,21H,8-11,13-14H2;1H. The van der Waals surface area contributed by atoms with Gasteiger partial charge in [-0.25, -0.2) is 0 Å². The van der Waals surface area contributed by atoms with Gasteiger partial charge >= 0.3 is 0 Å². The van der Waals surface area contributed by atoms with E-state index in [9.17, 15) is 8.42 Å². The van der Waals surface area contributed by atoms with Crippen LogP contribution >= 0.6 is 24.0 Å². The molecule has 1 atom stereocenters. The summed E-state index contributed by atoms with van der Waals surface area (Å²) in [5.41, 5.74) is 3.26. The van der Waals surface area contributed by atoms with Crippen molar-refractivity contribution in [2.75, 3.05) is 26.2 Å². The minimum absolute atomic E-state index is 0. The van der Waals surface area contributed by atoms with E-state index in [1.165, 1.54) is 5.56 Å². The molecule has 5 nitrogen and oxygen atoms in total. The first kappa shape index (κ1) is 20.6. The van der Waals surface area contributed by atoms with Crippen LogP contribution < -0.4 is 5.32 Å². The quantitative estimate of drug-likeness (QED) is 0.818. The molecule has 2 aromatic rings. The van der Waals surface area contributed by atoms with Crippen LogP contribution in [0, 0.1) is 0 Å². The van der Waals surface area contributed by atoms with Crippen molar-refractivity contribution in [2.45, 2.75) is 19.0 Å². The molecule has 146 valence electrons. The Bertz CT molecular complexity index is 907. The van der Waals surface area contributed by atoms with Gasteiger partial charge in [-0.2, -0.15) is 17.0 Å². The van der Waals surface area contributed by atoms with E-state index in [1.54, 1.807) is 8.61 Å². The molecule has 8 heteroatoms. The largest absolute Gasteiger partial charge is 0.313 e. The van der Waals surface area contributed by atoms with Crippen LogP contribution in [0.4, 0.5) is 0 Å². The lowest BCUT2D eigenvalue weighted by Gasteiger charge is -2.39. The van der Waals surface area contributed by atoms with E-state index < -0.39 is 10.2 Å². The first-order chi connectivity index (χ1) is 12.6. The number of hydrogen-bond acceptors (Lipinski definition) is 3. The predicted octanol–water partition coefficient (Wildman–Crippen LogP) is 3.01. The Labute approximate surface area is 171 Å². The number of halogens is 2. The van der Waals surface area contributed by atoms with Gasteiger partial charge in [-0.3, -0.25) is 0 Å². The average Bonchev–Trinajstić information content (AvgIpc) is 2.67. The molecule has 1 fully saturated rings. The number of benzene rings is 2. The van der Waals surface area contributed by atoms with Crippen LogP contribution in [0.15, 0.2) is 48.5 Å². The van der Waals surface area contributed by atoms with Gasteiger partial charge in [-0.1, -0.05) is 48.0 Å². The molecule has 27 heavy (non-hydrogen) atoms. The van der Waals surface area contributed by atoms with Gasteiger partial charge in [0.25, 0.3) is 10.2 Å². The zero-order valence-corrected chi connectivity index (χ0v) is 17.2. The molecule has 1 saturated heterocycles. The van der Waals surface area contributed by atoms with Gasteiger partial charge < -0.3 is 5.32 Å². The van der Waals surface area contributed by atoms with Crippen molar-refractivity contribution in [2.24, 2.45) is 0 Å². The summed E-state index contributed by atoms with van der Waals surface area (Å²) in [7, 11) is -3.55. The molecule has 2 aromatic carbocycles. The zero-order chi connectivity index (χ0) is 18.1. The molecule has 0 bridgehead atoms. The molecule has 0 saturated carbocycles. The Hall–Kier alpha value is -1.15. The van der Waals surface area contributed by atoms with E-state index in [0.29, 0.717) is 37.7 Å². The molecule has 0 aliphatic carbocycles. The lowest BCUT2D eigenvalue weighted by molar-refractivity contribution is 0.242. The minimum atomic E-state index is -3.55. The first-order valence-electron chi connectivity index (χ1n) is 8.85. The minimum Gasteiger partial charge on any atom is -0.313 e. The molecule has 2 aliphatic rings. The van der Waals surface area contributed by atoms with Gasteiger partial charge in [-0.15, -0.1) is 12.4 Å². The highest BCUT2D eigenvalue weighted by molar-refractivity contribution is 7.86. The summed E-state index contributed by atoms with van der Waals surface area (Å²) in [5.74, 6) is 0. The molecule has 2 aliphatic heterocycles. The molecule has 0 spiro atoms. The number of hydrogen-bond donors (Lipinski definition) is 1. The van der Waals surface area contributed by atoms with Gasteiger partial charge in [0.1, 0.15) is 0 Å². The third kappa shape index (κ3) is 4.16. The smallest absolute Gasteiger partial charge is 0.282 e. The van der Waals surface area contributed by atoms with E-state index in [2.05, 4.69) is 11.4 Å². The molecule has 1 N–H and O–H groups in total. The summed E-state index contributed by atoms with van der Waals surface area (Å²) in [5, 5.41) is 3.93. The Kier molecular flexibility index (Phi) is 6.46. The maximum atomic E-state index is 13.4. The SMILES string of the molecule is Cl.O=S(=O)(N1CCc2ccccc2C1)N1CCNCC1c1cccc(Cl)c1. The Morgan fingerprint density at radius 1 is 1.04 bits per heavy atom. The van der Waals surface area contributed by atoms with Crippen LogP contribution in [0.3, 0.4) is 0 Å². The zero-order valence-electron chi connectivity index (χ0n) is 14.8. The lowest BCUT2D eigenvalue weighted by Crippen LogP contribution is -2.54. The second kappa shape index (κ2) is 8.47. The van der Waals surface area contributed by atoms with Gasteiger partial charge in [0.2, 0.25) is 0 Å². The number of rotatable bonds is 3. The van der Waals surface area contributed by atoms with Gasteiger partial charge in [0, 0.05) is 37.7 Å². The second-order valence-corrected chi connectivity index (χ2v) is 9.06. The molecular formula is C19H23Cl2N3O2S. The van der Waals surface area contributed by atoms with Crippen LogP contribution in [-0.2, 0) is 23.2 Å². The normalized spacial score (nSPS) is 21.3. The molecule has 0 amide bonds. The fourth-order valence-electron chi connectivity index (χ4n) is 3.77. The number of nitrogens with zero attached hydrogens (tertiary/aromatic N) is 2. The highest BCUT2D eigenvalue weighted by Gasteiger charge is 2.38. The van der Waals surface area contributed by atoms with E-state index in [4.69, 9.17) is 11.6 Å². The Morgan fingerprint density at radius 3 is 2.59 bits per heavy atom. The lowest BCUT2D eigenvalue weighted by atomic mass is 10.0. The molecular weight excluding hydrogens is 405 g/mol. The molecule has 1 unspecified atom stereocenters. The average molecular weight is 428 g/mol. The molecule has 0 radical (unpaired) electrons. The summed E-state index contributed by atoms with van der Waals surface area (Å²) in [6.07, 6.45) is 0.753. The Morgan fingerprint density at radius 2 is 1.81 bits per heavy atom. The molecule has 4 rings (SSSR count). The van der Waals surface area contributed by atoms with Crippen LogP contribution in [0.25, 0.3) is 0 Å². The van der Waals surface area contributed by atoms with E-state index in [1.807, 2.05) is 42.5 Å². The monoisotopic (exact) mass is 427 g/mol. The van der Waals surface area contributed by atoms with Crippen molar-refractivity contribution in [3.05, 3.63) is 70.2 Å². The van der Waals surface area contributed by atoms with Crippen molar-refractivity contribution >= 4 is 34.2 Å². The summed E-state index contributed by atoms with van der Waals surface area (Å²) >= 11 is 6.13. The molecule has 2 heterocycles. The van der Waals surface area contributed by atoms with Crippen LogP contribution in [0.1, 0.15) is 22.7 Å². The van der Waals surface area contributed by atoms with E-state index >= 15 is 0 Å². The van der Waals surface area contributed by atoms with Gasteiger partial charge in [-0.05, 0) is 35.2 Å². The summed E-state index contributed by atoms with van der Waals surface area (Å²) in [6, 6.07) is 15.3. The third-order valence-electron chi connectivity index (χ3n) is 5.15. The summed E-state index contributed by atoms with van der Waals surface area (Å²) in [6.45, 7) is 2.65. The fourth-order valence-corrected chi connectivity index (χ4v) is 5.73. The van der Waals surface area contributed by atoms with Crippen molar-refractivity contribution in [3.63, 3.8) is 0 Å². The fraction of sp³-hybridized carbons (Fsp3) is 0.368. The molecule has 0 aromatic heterocycles. The van der Waals surface area contributed by atoms with Crippen LogP contribution in [-0.4, -0.2) is 43.2 Å². The second-order valence-electron chi connectivity index (χ2n) is 6.75. The number of fused-ring (bicyclic) bond motifs is 1. The Balaban J connectivity index is 0.00000210. The van der Waals surface area contributed by atoms with Gasteiger partial charge in [0.15, 0.2) is 0 Å². The summed E-state index contributed by atoms with van der Waals surface area (Å²) < 4.78 is 30.1. The third-order valence-corrected chi connectivity index (χ3v) is 7.38. The van der Waals surface area contributed by atoms with Gasteiger partial charge in [0.05, 0.1) is 6.04 Å². The maximum Gasteiger partial charge on any atom is 0.282 e. The van der Waals surface area contributed by atoms with Crippen molar-refractivity contribution in [3.8, 4) is 0 Å². The summed E-state index contributed by atoms with van der Waals surface area (Å²) in [4.78, 5) is 0. The first-order valence-corrected chi connectivity index (χ1v) is 10.6. The number of piperazine rings is 1. The van der Waals surface area contributed by atoms with E-state index in [-0.39, 0.29) is 18.4 Å². The van der Waals surface area contributed by atoms with Crippen molar-refractivity contribution in [1.82, 2.24) is 13.9 Å². The van der Waals surface area contributed by atoms with Crippen molar-refractivity contribution in [1.29, 1.82) is 0 Å². The number of nitrogens with one attached hydrogen (secondary N) is 1. The topological polar surface area (TPSA) is 52.7 Å². The highest BCUT2D eigenvalue weighted by atomic mass is 35.5. The van der Waals surface area contributed by atoms with Crippen LogP contribution in [0.2, 0.25) is 5.02 Å². The maximum absolute atomic E-state index is 13.4. The van der Waals surface area contributed by atoms with Crippen LogP contribution in [0.5, 0.6) is 0 Å². The predicted molar refractivity (Wildman–Crippen MR) is 110 cm³/mol.